The van der Waals surface area contributed by atoms with E-state index in [9.17, 15) is 4.79 Å². The van der Waals surface area contributed by atoms with Gasteiger partial charge in [-0.05, 0) is 17.7 Å². The highest BCUT2D eigenvalue weighted by molar-refractivity contribution is 9.10. The fourth-order valence-corrected chi connectivity index (χ4v) is 2.31. The molecule has 0 saturated carbocycles. The number of benzene rings is 1. The zero-order chi connectivity index (χ0) is 13.7. The molecule has 1 aromatic carbocycles. The number of hydrogen-bond acceptors (Lipinski definition) is 4. The van der Waals surface area contributed by atoms with Crippen LogP contribution in [0.5, 0.6) is 0 Å². The van der Waals surface area contributed by atoms with Gasteiger partial charge in [0, 0.05) is 29.1 Å². The molecule has 0 atom stereocenters. The first-order valence-electron chi connectivity index (χ1n) is 6.02. The van der Waals surface area contributed by atoms with Gasteiger partial charge in [0.05, 0.1) is 19.0 Å². The van der Waals surface area contributed by atoms with Crippen LogP contribution >= 0.6 is 15.9 Å². The monoisotopic (exact) mass is 322 g/mol. The van der Waals surface area contributed by atoms with E-state index in [1.54, 1.807) is 6.20 Å². The van der Waals surface area contributed by atoms with Crippen LogP contribution in [0.1, 0.15) is 12.0 Å². The lowest BCUT2D eigenvalue weighted by Gasteiger charge is -2.08. The molecule has 2 rings (SSSR count). The Labute approximate surface area is 120 Å². The fraction of sp³-hybridized carbons (Fsp3) is 0.286. The van der Waals surface area contributed by atoms with Crippen LogP contribution in [0.25, 0.3) is 10.9 Å². The van der Waals surface area contributed by atoms with Crippen LogP contribution in [-0.4, -0.2) is 24.6 Å². The van der Waals surface area contributed by atoms with Crippen LogP contribution in [-0.2, 0) is 16.1 Å². The molecular weight excluding hydrogens is 308 g/mol. The second-order valence-electron chi connectivity index (χ2n) is 4.11. The van der Waals surface area contributed by atoms with Crippen molar-refractivity contribution in [3.8, 4) is 0 Å². The summed E-state index contributed by atoms with van der Waals surface area (Å²) in [7, 11) is 1.40. The van der Waals surface area contributed by atoms with E-state index in [1.807, 2.05) is 24.3 Å². The van der Waals surface area contributed by atoms with E-state index in [-0.39, 0.29) is 5.97 Å². The van der Waals surface area contributed by atoms with E-state index >= 15 is 0 Å². The quantitative estimate of drug-likeness (QED) is 0.679. The number of nitrogens with one attached hydrogen (secondary N) is 1. The molecular formula is C14H15BrN2O2. The normalized spacial score (nSPS) is 10.6. The van der Waals surface area contributed by atoms with Crippen LogP contribution in [0.3, 0.4) is 0 Å². The molecule has 100 valence electrons. The lowest BCUT2D eigenvalue weighted by molar-refractivity contribution is -0.140. The molecule has 0 aliphatic carbocycles. The van der Waals surface area contributed by atoms with E-state index < -0.39 is 0 Å². The molecule has 2 aromatic rings. The lowest BCUT2D eigenvalue weighted by Crippen LogP contribution is -2.18. The van der Waals surface area contributed by atoms with Crippen molar-refractivity contribution in [2.24, 2.45) is 0 Å². The minimum absolute atomic E-state index is 0.203. The van der Waals surface area contributed by atoms with Crippen molar-refractivity contribution < 1.29 is 9.53 Å². The first-order chi connectivity index (χ1) is 9.22. The minimum Gasteiger partial charge on any atom is -0.469 e. The Morgan fingerprint density at radius 3 is 3.05 bits per heavy atom. The van der Waals surface area contributed by atoms with Crippen molar-refractivity contribution in [3.63, 3.8) is 0 Å². The summed E-state index contributed by atoms with van der Waals surface area (Å²) in [5.74, 6) is -0.203. The average Bonchev–Trinajstić information content (AvgIpc) is 2.45. The average molecular weight is 323 g/mol. The summed E-state index contributed by atoms with van der Waals surface area (Å²) in [5.41, 5.74) is 2.09. The van der Waals surface area contributed by atoms with Crippen molar-refractivity contribution in [3.05, 3.63) is 40.5 Å². The van der Waals surface area contributed by atoms with E-state index in [1.165, 1.54) is 7.11 Å². The van der Waals surface area contributed by atoms with Crippen LogP contribution in [0.15, 0.2) is 34.9 Å². The Balaban J connectivity index is 2.05. The third-order valence-corrected chi connectivity index (χ3v) is 3.54. The predicted octanol–water partition coefficient (Wildman–Crippen LogP) is 2.65. The molecule has 0 bridgehead atoms. The third kappa shape index (κ3) is 3.52. The summed E-state index contributed by atoms with van der Waals surface area (Å²) < 4.78 is 5.63. The first-order valence-corrected chi connectivity index (χ1v) is 6.81. The van der Waals surface area contributed by atoms with Crippen LogP contribution < -0.4 is 5.32 Å². The maximum atomic E-state index is 11.0. The topological polar surface area (TPSA) is 51.2 Å². The van der Waals surface area contributed by atoms with Gasteiger partial charge in [-0.2, -0.15) is 0 Å². The Morgan fingerprint density at radius 1 is 1.42 bits per heavy atom. The molecule has 1 aromatic heterocycles. The summed E-state index contributed by atoms with van der Waals surface area (Å²) >= 11 is 3.52. The van der Waals surface area contributed by atoms with Gasteiger partial charge < -0.3 is 10.1 Å². The third-order valence-electron chi connectivity index (χ3n) is 2.85. The standard InChI is InChI=1S/C14H15BrN2O2/c1-19-13(18)6-8-16-9-10-4-5-12(15)11-3-2-7-17-14(10)11/h2-5,7,16H,6,8-9H2,1H3. The highest BCUT2D eigenvalue weighted by atomic mass is 79.9. The smallest absolute Gasteiger partial charge is 0.306 e. The largest absolute Gasteiger partial charge is 0.469 e. The highest BCUT2D eigenvalue weighted by Crippen LogP contribution is 2.24. The molecule has 1 heterocycles. The van der Waals surface area contributed by atoms with Gasteiger partial charge in [-0.25, -0.2) is 0 Å². The fourth-order valence-electron chi connectivity index (χ4n) is 1.85. The molecule has 5 heteroatoms. The van der Waals surface area contributed by atoms with Crippen molar-refractivity contribution >= 4 is 32.8 Å². The number of nitrogens with zero attached hydrogens (tertiary/aromatic N) is 1. The van der Waals surface area contributed by atoms with Crippen molar-refractivity contribution in [1.29, 1.82) is 0 Å². The number of carbonyl (C=O) groups excluding carboxylic acids is 1. The summed E-state index contributed by atoms with van der Waals surface area (Å²) in [6, 6.07) is 8.00. The molecule has 0 aliphatic heterocycles. The van der Waals surface area contributed by atoms with Crippen LogP contribution in [0, 0.1) is 0 Å². The number of rotatable bonds is 5. The molecule has 0 unspecified atom stereocenters. The summed E-state index contributed by atoms with van der Waals surface area (Å²) in [6.07, 6.45) is 2.16. The number of ether oxygens (including phenoxy) is 1. The van der Waals surface area contributed by atoms with Crippen LogP contribution in [0.4, 0.5) is 0 Å². The number of hydrogen-bond donors (Lipinski definition) is 1. The zero-order valence-corrected chi connectivity index (χ0v) is 12.2. The first kappa shape index (κ1) is 14.0. The van der Waals surface area contributed by atoms with Gasteiger partial charge >= 0.3 is 5.97 Å². The Hall–Kier alpha value is -1.46. The van der Waals surface area contributed by atoms with Crippen molar-refractivity contribution in [1.82, 2.24) is 10.3 Å². The number of fused-ring (bicyclic) bond motifs is 1. The van der Waals surface area contributed by atoms with Gasteiger partial charge in [-0.3, -0.25) is 9.78 Å². The summed E-state index contributed by atoms with van der Waals surface area (Å²) in [5, 5.41) is 4.31. The minimum atomic E-state index is -0.203. The molecule has 1 N–H and O–H groups in total. The Bertz CT molecular complexity index is 587. The lowest BCUT2D eigenvalue weighted by atomic mass is 10.1. The zero-order valence-electron chi connectivity index (χ0n) is 10.6. The number of methoxy groups -OCH3 is 1. The summed E-state index contributed by atoms with van der Waals surface area (Å²) in [6.45, 7) is 1.27. The molecule has 0 fully saturated rings. The van der Waals surface area contributed by atoms with E-state index in [4.69, 9.17) is 0 Å². The second kappa shape index (κ2) is 6.63. The number of carbonyl (C=O) groups is 1. The SMILES string of the molecule is COC(=O)CCNCc1ccc(Br)c2cccnc12. The van der Waals surface area contributed by atoms with Crippen molar-refractivity contribution in [2.45, 2.75) is 13.0 Å². The Morgan fingerprint density at radius 2 is 2.26 bits per heavy atom. The molecule has 0 saturated heterocycles. The maximum absolute atomic E-state index is 11.0. The van der Waals surface area contributed by atoms with Crippen LogP contribution in [0.2, 0.25) is 0 Å². The number of aromatic nitrogens is 1. The van der Waals surface area contributed by atoms with E-state index in [0.29, 0.717) is 19.5 Å². The van der Waals surface area contributed by atoms with Crippen molar-refractivity contribution in [2.75, 3.05) is 13.7 Å². The molecule has 0 radical (unpaired) electrons. The van der Waals surface area contributed by atoms with Gasteiger partial charge in [0.2, 0.25) is 0 Å². The molecule has 19 heavy (non-hydrogen) atoms. The van der Waals surface area contributed by atoms with Gasteiger partial charge in [0.15, 0.2) is 0 Å². The van der Waals surface area contributed by atoms with Gasteiger partial charge in [-0.15, -0.1) is 0 Å². The molecule has 0 amide bonds. The van der Waals surface area contributed by atoms with Gasteiger partial charge in [0.1, 0.15) is 0 Å². The number of esters is 1. The predicted molar refractivity (Wildman–Crippen MR) is 77.8 cm³/mol. The summed E-state index contributed by atoms with van der Waals surface area (Å²) in [4.78, 5) is 15.4. The van der Waals surface area contributed by atoms with Gasteiger partial charge in [-0.1, -0.05) is 28.1 Å². The van der Waals surface area contributed by atoms with E-state index in [2.05, 4.69) is 31.0 Å². The van der Waals surface area contributed by atoms with E-state index in [0.717, 1.165) is 20.9 Å². The maximum Gasteiger partial charge on any atom is 0.306 e. The molecule has 0 spiro atoms. The molecule has 0 aliphatic rings. The van der Waals surface area contributed by atoms with Gasteiger partial charge in [0.25, 0.3) is 0 Å². The molecule has 4 nitrogen and oxygen atoms in total. The second-order valence-corrected chi connectivity index (χ2v) is 4.96. The highest BCUT2D eigenvalue weighted by Gasteiger charge is 2.05. The number of halogens is 1. The Kier molecular flexibility index (Phi) is 4.87. The number of pyridine rings is 1.